The molecule has 37 heavy (non-hydrogen) atoms. The highest BCUT2D eigenvalue weighted by Gasteiger charge is 2.30. The van der Waals surface area contributed by atoms with Gasteiger partial charge < -0.3 is 10.2 Å². The van der Waals surface area contributed by atoms with E-state index in [0.717, 1.165) is 18.6 Å². The van der Waals surface area contributed by atoms with Crippen molar-refractivity contribution in [3.8, 4) is 0 Å². The second kappa shape index (κ2) is 9.77. The monoisotopic (exact) mass is 526 g/mol. The second-order valence-corrected chi connectivity index (χ2v) is 10.7. The average molecular weight is 527 g/mol. The first-order valence-electron chi connectivity index (χ1n) is 11.7. The van der Waals surface area contributed by atoms with Gasteiger partial charge in [-0.3, -0.25) is 9.52 Å². The zero-order valence-corrected chi connectivity index (χ0v) is 20.7. The van der Waals surface area contributed by atoms with E-state index in [0.29, 0.717) is 41.4 Å². The van der Waals surface area contributed by atoms with Crippen molar-refractivity contribution in [2.75, 3.05) is 27.2 Å². The van der Waals surface area contributed by atoms with Crippen molar-refractivity contribution in [2.45, 2.75) is 25.8 Å². The van der Waals surface area contributed by atoms with Crippen LogP contribution in [0.5, 0.6) is 0 Å². The van der Waals surface area contributed by atoms with Gasteiger partial charge >= 0.3 is 0 Å². The van der Waals surface area contributed by atoms with Gasteiger partial charge in [0, 0.05) is 29.6 Å². The molecule has 0 radical (unpaired) electrons. The summed E-state index contributed by atoms with van der Waals surface area (Å²) >= 11 is 0. The van der Waals surface area contributed by atoms with E-state index in [1.807, 2.05) is 4.90 Å². The lowest BCUT2D eigenvalue weighted by atomic mass is 10.0. The Kier molecular flexibility index (Phi) is 6.50. The summed E-state index contributed by atoms with van der Waals surface area (Å²) in [4.78, 5) is 19.5. The lowest BCUT2D eigenvalue weighted by molar-refractivity contribution is 0.102. The maximum atomic E-state index is 14.5. The fraction of sp³-hybridized carbons (Fsp3) is 0.240. The minimum absolute atomic E-state index is 0.0612. The highest BCUT2D eigenvalue weighted by atomic mass is 32.2. The normalized spacial score (nSPS) is 15.8. The SMILES string of the molecule is CCS(=O)(=O)Nc1ccc(C(=O)Nc2cnn3ccc(N4CCC[C@@H]4c4cc(F)ccc4F)nc23)cc1. The van der Waals surface area contributed by atoms with Crippen LogP contribution in [0, 0.1) is 11.6 Å². The number of nitrogens with one attached hydrogen (secondary N) is 2. The molecule has 0 aliphatic carbocycles. The van der Waals surface area contributed by atoms with Gasteiger partial charge in [-0.25, -0.2) is 26.7 Å². The van der Waals surface area contributed by atoms with Crippen LogP contribution in [0.3, 0.4) is 0 Å². The van der Waals surface area contributed by atoms with Crippen LogP contribution in [0.2, 0.25) is 0 Å². The van der Waals surface area contributed by atoms with Crippen LogP contribution < -0.4 is 14.9 Å². The van der Waals surface area contributed by atoms with Gasteiger partial charge in [-0.2, -0.15) is 5.10 Å². The number of amides is 1. The van der Waals surface area contributed by atoms with E-state index in [4.69, 9.17) is 0 Å². The Hall–Kier alpha value is -4.06. The largest absolute Gasteiger partial charge is 0.349 e. The number of carbonyl (C=O) groups is 1. The average Bonchev–Trinajstić information content (AvgIpc) is 3.53. The number of fused-ring (bicyclic) bond motifs is 1. The number of nitrogens with zero attached hydrogens (tertiary/aromatic N) is 4. The van der Waals surface area contributed by atoms with Gasteiger partial charge in [-0.1, -0.05) is 0 Å². The predicted octanol–water partition coefficient (Wildman–Crippen LogP) is 4.36. The summed E-state index contributed by atoms with van der Waals surface area (Å²) in [6.45, 7) is 2.15. The standard InChI is InChI=1S/C25H24F2N6O3S/c1-2-37(35,36)31-18-8-5-16(6-9-18)25(34)29-21-15-28-33-13-11-23(30-24(21)33)32-12-3-4-22(32)19-14-17(26)7-10-20(19)27/h5-11,13-15,22,31H,2-4,12H2,1H3,(H,29,34)/t22-/m1/s1. The number of hydrogen-bond donors (Lipinski definition) is 2. The molecule has 192 valence electrons. The summed E-state index contributed by atoms with van der Waals surface area (Å²) in [5.74, 6) is -0.891. The molecule has 2 aromatic heterocycles. The van der Waals surface area contributed by atoms with Crippen LogP contribution in [0.1, 0.15) is 41.7 Å². The number of sulfonamides is 1. The molecule has 1 aliphatic rings. The molecular formula is C25H24F2N6O3S. The molecule has 9 nitrogen and oxygen atoms in total. The van der Waals surface area contributed by atoms with Crippen molar-refractivity contribution in [3.05, 3.63) is 83.7 Å². The molecule has 3 heterocycles. The third-order valence-corrected chi connectivity index (χ3v) is 7.57. The first kappa shape index (κ1) is 24.6. The lowest BCUT2D eigenvalue weighted by Gasteiger charge is -2.26. The molecule has 12 heteroatoms. The Balaban J connectivity index is 1.38. The Labute approximate surface area is 212 Å². The van der Waals surface area contributed by atoms with Crippen LogP contribution in [0.25, 0.3) is 5.65 Å². The molecule has 0 bridgehead atoms. The van der Waals surface area contributed by atoms with Crippen LogP contribution in [-0.2, 0) is 10.0 Å². The van der Waals surface area contributed by atoms with Gasteiger partial charge in [0.15, 0.2) is 5.65 Å². The summed E-state index contributed by atoms with van der Waals surface area (Å²) in [6.07, 6.45) is 4.61. The minimum atomic E-state index is -3.42. The van der Waals surface area contributed by atoms with E-state index in [9.17, 15) is 22.0 Å². The molecule has 1 saturated heterocycles. The molecule has 0 spiro atoms. The number of halogens is 2. The number of rotatable bonds is 7. The van der Waals surface area contributed by atoms with Gasteiger partial charge in [0.05, 0.1) is 18.0 Å². The Morgan fingerprint density at radius 2 is 1.92 bits per heavy atom. The van der Waals surface area contributed by atoms with Crippen LogP contribution >= 0.6 is 0 Å². The van der Waals surface area contributed by atoms with Crippen molar-refractivity contribution < 1.29 is 22.0 Å². The maximum absolute atomic E-state index is 14.5. The summed E-state index contributed by atoms with van der Waals surface area (Å²) < 4.78 is 55.7. The van der Waals surface area contributed by atoms with E-state index in [2.05, 4.69) is 20.1 Å². The summed E-state index contributed by atoms with van der Waals surface area (Å²) in [7, 11) is -3.42. The molecule has 5 rings (SSSR count). The Morgan fingerprint density at radius 1 is 1.14 bits per heavy atom. The number of hydrogen-bond acceptors (Lipinski definition) is 6. The second-order valence-electron chi connectivity index (χ2n) is 8.67. The first-order valence-corrected chi connectivity index (χ1v) is 13.4. The van der Waals surface area contributed by atoms with Gasteiger partial charge in [0.1, 0.15) is 23.1 Å². The number of benzene rings is 2. The molecule has 1 atom stereocenters. The van der Waals surface area contributed by atoms with Crippen molar-refractivity contribution in [3.63, 3.8) is 0 Å². The molecule has 1 fully saturated rings. The van der Waals surface area contributed by atoms with Crippen LogP contribution in [0.4, 0.5) is 26.0 Å². The zero-order chi connectivity index (χ0) is 26.2. The fourth-order valence-electron chi connectivity index (χ4n) is 4.38. The molecule has 4 aromatic rings. The lowest BCUT2D eigenvalue weighted by Crippen LogP contribution is -2.24. The quantitative estimate of drug-likeness (QED) is 0.370. The third kappa shape index (κ3) is 5.10. The highest BCUT2D eigenvalue weighted by molar-refractivity contribution is 7.92. The van der Waals surface area contributed by atoms with Gasteiger partial charge in [0.2, 0.25) is 10.0 Å². The van der Waals surface area contributed by atoms with E-state index >= 15 is 0 Å². The zero-order valence-electron chi connectivity index (χ0n) is 19.9. The number of carbonyl (C=O) groups excluding carboxylic acids is 1. The van der Waals surface area contributed by atoms with Gasteiger partial charge in [-0.15, -0.1) is 0 Å². The summed E-state index contributed by atoms with van der Waals surface area (Å²) in [5, 5.41) is 7.02. The van der Waals surface area contributed by atoms with Gasteiger partial charge in [0.25, 0.3) is 5.91 Å². The number of aromatic nitrogens is 3. The molecule has 2 aromatic carbocycles. The smallest absolute Gasteiger partial charge is 0.255 e. The van der Waals surface area contributed by atoms with Crippen molar-refractivity contribution >= 4 is 38.8 Å². The third-order valence-electron chi connectivity index (χ3n) is 6.27. The Morgan fingerprint density at radius 3 is 2.68 bits per heavy atom. The molecule has 1 amide bonds. The van der Waals surface area contributed by atoms with E-state index < -0.39 is 27.6 Å². The van der Waals surface area contributed by atoms with Crippen molar-refractivity contribution in [2.24, 2.45) is 0 Å². The minimum Gasteiger partial charge on any atom is -0.349 e. The van der Waals surface area contributed by atoms with Crippen molar-refractivity contribution in [1.29, 1.82) is 0 Å². The molecular weight excluding hydrogens is 502 g/mol. The molecule has 0 unspecified atom stereocenters. The maximum Gasteiger partial charge on any atom is 0.255 e. The van der Waals surface area contributed by atoms with E-state index in [-0.39, 0.29) is 17.4 Å². The summed E-state index contributed by atoms with van der Waals surface area (Å²) in [5.41, 5.74) is 1.72. The van der Waals surface area contributed by atoms with Gasteiger partial charge in [-0.05, 0) is 68.3 Å². The topological polar surface area (TPSA) is 109 Å². The predicted molar refractivity (Wildman–Crippen MR) is 136 cm³/mol. The Bertz CT molecular complexity index is 1570. The van der Waals surface area contributed by atoms with Crippen LogP contribution in [0.15, 0.2) is 60.9 Å². The fourth-order valence-corrected chi connectivity index (χ4v) is 5.02. The van der Waals surface area contributed by atoms with E-state index in [1.54, 1.807) is 12.3 Å². The summed E-state index contributed by atoms with van der Waals surface area (Å²) in [6, 6.07) is 10.9. The highest BCUT2D eigenvalue weighted by Crippen LogP contribution is 2.37. The molecule has 2 N–H and O–H groups in total. The number of anilines is 3. The van der Waals surface area contributed by atoms with E-state index in [1.165, 1.54) is 48.0 Å². The van der Waals surface area contributed by atoms with Crippen molar-refractivity contribution in [1.82, 2.24) is 14.6 Å². The molecule has 0 saturated carbocycles. The van der Waals surface area contributed by atoms with Crippen LogP contribution in [-0.4, -0.2) is 41.2 Å². The molecule has 1 aliphatic heterocycles. The first-order chi connectivity index (χ1) is 17.7.